The fourth-order valence-electron chi connectivity index (χ4n) is 4.05. The molecule has 1 fully saturated rings. The number of morpholine rings is 1. The van der Waals surface area contributed by atoms with Gasteiger partial charge in [0.05, 0.1) is 25.5 Å². The molecule has 0 aliphatic carbocycles. The van der Waals surface area contributed by atoms with Gasteiger partial charge in [-0.1, -0.05) is 43.5 Å². The summed E-state index contributed by atoms with van der Waals surface area (Å²) in [6, 6.07) is 5.13. The molecule has 192 valence electrons. The minimum Gasteiger partial charge on any atom is -0.705 e. The number of carbonyl (C=O) groups is 1. The lowest BCUT2D eigenvalue weighted by Gasteiger charge is -2.25. The lowest BCUT2D eigenvalue weighted by atomic mass is 10.0. The Morgan fingerprint density at radius 1 is 1.31 bits per heavy atom. The number of halogens is 1. The van der Waals surface area contributed by atoms with Gasteiger partial charge in [-0.05, 0) is 37.1 Å². The quantitative estimate of drug-likeness (QED) is 0.293. The summed E-state index contributed by atoms with van der Waals surface area (Å²) in [7, 11) is 0. The number of fused-ring (bicyclic) bond motifs is 1. The molecule has 2 N–H and O–H groups in total. The predicted octanol–water partition coefficient (Wildman–Crippen LogP) is 6.10. The third-order valence-electron chi connectivity index (χ3n) is 5.90. The van der Waals surface area contributed by atoms with Crippen LogP contribution in [0, 0.1) is 0 Å². The van der Waals surface area contributed by atoms with Gasteiger partial charge in [0.1, 0.15) is 11.7 Å². The molecule has 1 atom stereocenters. The smallest absolute Gasteiger partial charge is 0.414 e. The van der Waals surface area contributed by atoms with Crippen LogP contribution in [0.25, 0.3) is 16.7 Å². The van der Waals surface area contributed by atoms with Crippen molar-refractivity contribution in [2.24, 2.45) is 0 Å². The van der Waals surface area contributed by atoms with Crippen LogP contribution in [0.2, 0.25) is 5.02 Å². The first-order valence-corrected chi connectivity index (χ1v) is 12.6. The SMILES string of the molecule is CCCCCN(C(=O)OCC)c1c(C(O)C(C=CCN2CCOCC2)=C[NH-])oc2ccc(Cl)cc12. The number of furan rings is 1. The highest BCUT2D eigenvalue weighted by Gasteiger charge is 2.30. The first kappa shape index (κ1) is 27.1. The van der Waals surface area contributed by atoms with Crippen LogP contribution in [-0.4, -0.2) is 62.1 Å². The molecule has 0 saturated carbocycles. The number of benzene rings is 1. The maximum Gasteiger partial charge on any atom is 0.414 e. The fourth-order valence-corrected chi connectivity index (χ4v) is 4.22. The summed E-state index contributed by atoms with van der Waals surface area (Å²) >= 11 is 6.28. The number of hydrogen-bond donors (Lipinski definition) is 1. The molecule has 0 radical (unpaired) electrons. The van der Waals surface area contributed by atoms with Crippen LogP contribution in [0.4, 0.5) is 10.5 Å². The van der Waals surface area contributed by atoms with E-state index in [0.29, 0.717) is 53.6 Å². The largest absolute Gasteiger partial charge is 0.705 e. The Kier molecular flexibility index (Phi) is 10.5. The molecule has 9 heteroatoms. The summed E-state index contributed by atoms with van der Waals surface area (Å²) in [6.07, 6.45) is 5.67. The zero-order chi connectivity index (χ0) is 25.2. The van der Waals surface area contributed by atoms with Crippen LogP contribution in [0.5, 0.6) is 0 Å². The van der Waals surface area contributed by atoms with Crippen molar-refractivity contribution in [3.8, 4) is 0 Å². The van der Waals surface area contributed by atoms with E-state index in [1.54, 1.807) is 31.2 Å². The van der Waals surface area contributed by atoms with Gasteiger partial charge in [0.25, 0.3) is 0 Å². The molecule has 1 aliphatic rings. The monoisotopic (exact) mass is 504 g/mol. The van der Waals surface area contributed by atoms with E-state index in [2.05, 4.69) is 11.8 Å². The number of unbranched alkanes of at least 4 members (excludes halogenated alkanes) is 2. The van der Waals surface area contributed by atoms with Crippen molar-refractivity contribution in [2.45, 2.75) is 39.2 Å². The number of nitrogens with one attached hydrogen (secondary N) is 1. The lowest BCUT2D eigenvalue weighted by molar-refractivity contribution is 0.0434. The molecule has 8 nitrogen and oxygen atoms in total. The van der Waals surface area contributed by atoms with Crippen LogP contribution in [-0.2, 0) is 9.47 Å². The number of rotatable bonds is 11. The maximum absolute atomic E-state index is 13.0. The van der Waals surface area contributed by atoms with E-state index in [-0.39, 0.29) is 12.4 Å². The van der Waals surface area contributed by atoms with E-state index >= 15 is 0 Å². The molecule has 1 amide bonds. The molecule has 35 heavy (non-hydrogen) atoms. The number of ether oxygens (including phenoxy) is 2. The fraction of sp³-hybridized carbons (Fsp3) is 0.500. The Balaban J connectivity index is 1.97. The highest BCUT2D eigenvalue weighted by atomic mass is 35.5. The van der Waals surface area contributed by atoms with Gasteiger partial charge in [0.2, 0.25) is 0 Å². The van der Waals surface area contributed by atoms with E-state index in [1.165, 1.54) is 4.90 Å². The normalized spacial score (nSPS) is 16.2. The van der Waals surface area contributed by atoms with Crippen molar-refractivity contribution in [3.63, 3.8) is 0 Å². The molecule has 1 aliphatic heterocycles. The molecule has 3 rings (SSSR count). The van der Waals surface area contributed by atoms with Gasteiger partial charge in [-0.2, -0.15) is 6.20 Å². The molecule has 2 aromatic rings. The van der Waals surface area contributed by atoms with Crippen molar-refractivity contribution in [1.29, 1.82) is 0 Å². The zero-order valence-corrected chi connectivity index (χ0v) is 21.2. The van der Waals surface area contributed by atoms with Gasteiger partial charge < -0.3 is 24.7 Å². The number of aliphatic hydroxyl groups is 1. The second-order valence-corrected chi connectivity index (χ2v) is 8.81. The molecule has 0 spiro atoms. The lowest BCUT2D eigenvalue weighted by Crippen LogP contribution is -2.36. The molecule has 1 aromatic heterocycles. The van der Waals surface area contributed by atoms with Crippen LogP contribution in [0.15, 0.2) is 46.5 Å². The molecule has 1 saturated heterocycles. The Hall–Kier alpha value is -2.52. The van der Waals surface area contributed by atoms with Gasteiger partial charge in [-0.25, -0.2) is 4.79 Å². The Morgan fingerprint density at radius 2 is 2.09 bits per heavy atom. The third kappa shape index (κ3) is 7.01. The van der Waals surface area contributed by atoms with Crippen molar-refractivity contribution < 1.29 is 23.8 Å². The number of nitrogens with zero attached hydrogens (tertiary/aromatic N) is 2. The Labute approximate surface area is 211 Å². The highest BCUT2D eigenvalue weighted by Crippen LogP contribution is 2.41. The zero-order valence-electron chi connectivity index (χ0n) is 20.5. The van der Waals surface area contributed by atoms with Crippen molar-refractivity contribution in [3.05, 3.63) is 58.6 Å². The average molecular weight is 505 g/mol. The molecule has 2 heterocycles. The summed E-state index contributed by atoms with van der Waals surface area (Å²) in [4.78, 5) is 16.7. The number of anilines is 1. The summed E-state index contributed by atoms with van der Waals surface area (Å²) < 4.78 is 16.8. The molecular formula is C26H35ClN3O5-. The first-order valence-electron chi connectivity index (χ1n) is 12.2. The van der Waals surface area contributed by atoms with Gasteiger partial charge in [0, 0.05) is 36.6 Å². The summed E-state index contributed by atoms with van der Waals surface area (Å²) in [5.74, 6) is 0.182. The molecule has 1 unspecified atom stereocenters. The van der Waals surface area contributed by atoms with Crippen LogP contribution >= 0.6 is 11.6 Å². The summed E-state index contributed by atoms with van der Waals surface area (Å²) in [5, 5.41) is 12.4. The number of amides is 1. The number of carbonyl (C=O) groups excluding carboxylic acids is 1. The minimum absolute atomic E-state index is 0.182. The average Bonchev–Trinajstić information content (AvgIpc) is 3.23. The number of hydrogen-bond acceptors (Lipinski definition) is 6. The van der Waals surface area contributed by atoms with Gasteiger partial charge >= 0.3 is 6.09 Å². The molecular weight excluding hydrogens is 470 g/mol. The van der Waals surface area contributed by atoms with Gasteiger partial charge in [-0.3, -0.25) is 9.80 Å². The predicted molar refractivity (Wildman–Crippen MR) is 139 cm³/mol. The molecule has 1 aromatic carbocycles. The van der Waals surface area contributed by atoms with E-state index in [1.807, 2.05) is 6.08 Å². The van der Waals surface area contributed by atoms with E-state index in [0.717, 1.165) is 38.6 Å². The molecule has 0 bridgehead atoms. The van der Waals surface area contributed by atoms with E-state index in [9.17, 15) is 9.90 Å². The summed E-state index contributed by atoms with van der Waals surface area (Å²) in [5.41, 5.74) is 9.18. The topological polar surface area (TPSA) is 99.2 Å². The second kappa shape index (κ2) is 13.5. The minimum atomic E-state index is -1.25. The maximum atomic E-state index is 13.0. The number of aliphatic hydroxyl groups excluding tert-OH is 1. The highest BCUT2D eigenvalue weighted by molar-refractivity contribution is 6.31. The first-order chi connectivity index (χ1) is 17.0. The Bertz CT molecular complexity index is 1030. The van der Waals surface area contributed by atoms with Gasteiger partial charge in [0.15, 0.2) is 5.76 Å². The van der Waals surface area contributed by atoms with Gasteiger partial charge in [-0.15, -0.1) is 0 Å². The van der Waals surface area contributed by atoms with Crippen molar-refractivity contribution in [1.82, 2.24) is 4.90 Å². The van der Waals surface area contributed by atoms with Crippen LogP contribution in [0.3, 0.4) is 0 Å². The van der Waals surface area contributed by atoms with Crippen molar-refractivity contribution in [2.75, 3.05) is 50.9 Å². The van der Waals surface area contributed by atoms with Crippen molar-refractivity contribution >= 4 is 34.4 Å². The van der Waals surface area contributed by atoms with Crippen LogP contribution in [0.1, 0.15) is 45.0 Å². The van der Waals surface area contributed by atoms with Crippen LogP contribution < -0.4 is 4.90 Å². The third-order valence-corrected chi connectivity index (χ3v) is 6.14. The summed E-state index contributed by atoms with van der Waals surface area (Å²) in [6.45, 7) is 8.23. The van der Waals surface area contributed by atoms with E-state index < -0.39 is 12.2 Å². The Morgan fingerprint density at radius 3 is 2.77 bits per heavy atom. The standard InChI is InChI=1S/C26H35ClN3O5/c1-3-5-6-12-30(26(32)34-4-2)23-21-17-20(27)9-10-22(21)35-25(23)24(31)19(18-28)8-7-11-29-13-15-33-16-14-29/h7-10,17-18,24,28,31H,3-6,11-16H2,1-2H3/q-1. The van der Waals surface area contributed by atoms with E-state index in [4.69, 9.17) is 31.2 Å². The second-order valence-electron chi connectivity index (χ2n) is 8.38.